The molecule has 0 spiro atoms. The van der Waals surface area contributed by atoms with Gasteiger partial charge in [0.05, 0.1) is 29.1 Å². The molecule has 1 amide bonds. The van der Waals surface area contributed by atoms with Crippen LogP contribution in [0.1, 0.15) is 27.0 Å². The lowest BCUT2D eigenvalue weighted by atomic mass is 9.97. The SMILES string of the molecule is Cc1cc(-c2cnc3ccc(-c4ccc(C(=O)N5CCN(C)CC5)cc4C(F)(F)F)cn23)ccc1C#N. The van der Waals surface area contributed by atoms with Gasteiger partial charge in [-0.05, 0) is 67.1 Å². The van der Waals surface area contributed by atoms with Crippen molar-refractivity contribution in [1.82, 2.24) is 19.2 Å². The van der Waals surface area contributed by atoms with Crippen molar-refractivity contribution in [3.63, 3.8) is 0 Å². The normalized spacial score (nSPS) is 14.6. The second-order valence-electron chi connectivity index (χ2n) is 9.28. The second kappa shape index (κ2) is 9.37. The minimum Gasteiger partial charge on any atom is -0.336 e. The van der Waals surface area contributed by atoms with Gasteiger partial charge >= 0.3 is 6.18 Å². The lowest BCUT2D eigenvalue weighted by Gasteiger charge is -2.32. The van der Waals surface area contributed by atoms with E-state index in [-0.39, 0.29) is 11.1 Å². The Kier molecular flexibility index (Phi) is 6.21. The lowest BCUT2D eigenvalue weighted by molar-refractivity contribution is -0.137. The molecule has 5 rings (SSSR count). The largest absolute Gasteiger partial charge is 0.417 e. The van der Waals surface area contributed by atoms with E-state index in [0.717, 1.165) is 17.2 Å². The fraction of sp³-hybridized carbons (Fsp3) is 0.250. The number of fused-ring (bicyclic) bond motifs is 1. The molecule has 6 nitrogen and oxygen atoms in total. The number of carbonyl (C=O) groups is 1. The molecule has 0 bridgehead atoms. The molecule has 37 heavy (non-hydrogen) atoms. The molecule has 2 aromatic heterocycles. The van der Waals surface area contributed by atoms with E-state index in [9.17, 15) is 23.2 Å². The zero-order chi connectivity index (χ0) is 26.3. The number of hydrogen-bond donors (Lipinski definition) is 0. The molecule has 4 aromatic rings. The molecule has 9 heteroatoms. The smallest absolute Gasteiger partial charge is 0.336 e. The Hall–Kier alpha value is -4.16. The number of benzene rings is 2. The van der Waals surface area contributed by atoms with Crippen molar-refractivity contribution in [3.8, 4) is 28.5 Å². The number of likely N-dealkylation sites (N-methyl/N-ethyl adjacent to an activating group) is 1. The van der Waals surface area contributed by atoms with Gasteiger partial charge in [-0.2, -0.15) is 18.4 Å². The van der Waals surface area contributed by atoms with Gasteiger partial charge in [0.25, 0.3) is 5.91 Å². The van der Waals surface area contributed by atoms with Crippen LogP contribution in [0.5, 0.6) is 0 Å². The number of aryl methyl sites for hydroxylation is 1. The van der Waals surface area contributed by atoms with E-state index in [0.29, 0.717) is 48.6 Å². The predicted molar refractivity (Wildman–Crippen MR) is 134 cm³/mol. The maximum absolute atomic E-state index is 14.2. The first kappa shape index (κ1) is 24.5. The number of nitriles is 1. The average Bonchev–Trinajstić information content (AvgIpc) is 3.31. The van der Waals surface area contributed by atoms with Crippen LogP contribution in [-0.4, -0.2) is 58.3 Å². The third kappa shape index (κ3) is 4.68. The first-order valence-electron chi connectivity index (χ1n) is 11.8. The Balaban J connectivity index is 1.56. The van der Waals surface area contributed by atoms with E-state index < -0.39 is 17.6 Å². The number of alkyl halides is 3. The second-order valence-corrected chi connectivity index (χ2v) is 9.28. The highest BCUT2D eigenvalue weighted by atomic mass is 19.4. The molecule has 1 fully saturated rings. The van der Waals surface area contributed by atoms with Crippen LogP contribution in [0.3, 0.4) is 0 Å². The highest BCUT2D eigenvalue weighted by Crippen LogP contribution is 2.38. The van der Waals surface area contributed by atoms with E-state index >= 15 is 0 Å². The first-order chi connectivity index (χ1) is 17.7. The van der Waals surface area contributed by atoms with E-state index in [1.165, 1.54) is 12.1 Å². The van der Waals surface area contributed by atoms with Crippen LogP contribution in [0.25, 0.3) is 28.0 Å². The van der Waals surface area contributed by atoms with Crippen molar-refractivity contribution in [1.29, 1.82) is 5.26 Å². The number of imidazole rings is 1. The molecule has 2 aromatic carbocycles. The molecular weight excluding hydrogens is 479 g/mol. The number of aromatic nitrogens is 2. The zero-order valence-corrected chi connectivity index (χ0v) is 20.4. The van der Waals surface area contributed by atoms with Gasteiger partial charge < -0.3 is 9.80 Å². The van der Waals surface area contributed by atoms with E-state index in [2.05, 4.69) is 16.0 Å². The third-order valence-electron chi connectivity index (χ3n) is 6.82. The fourth-order valence-electron chi connectivity index (χ4n) is 4.66. The summed E-state index contributed by atoms with van der Waals surface area (Å²) in [5, 5.41) is 9.22. The molecule has 1 saturated heterocycles. The number of rotatable bonds is 3. The van der Waals surface area contributed by atoms with E-state index in [4.69, 9.17) is 0 Å². The summed E-state index contributed by atoms with van der Waals surface area (Å²) < 4.78 is 44.4. The fourth-order valence-corrected chi connectivity index (χ4v) is 4.66. The van der Waals surface area contributed by atoms with Gasteiger partial charge in [-0.15, -0.1) is 0 Å². The molecule has 0 unspecified atom stereocenters. The summed E-state index contributed by atoms with van der Waals surface area (Å²) in [5.41, 5.74) is 2.93. The molecule has 0 N–H and O–H groups in total. The summed E-state index contributed by atoms with van der Waals surface area (Å²) in [6.45, 7) is 4.15. The Morgan fingerprint density at radius 3 is 2.41 bits per heavy atom. The van der Waals surface area contributed by atoms with Crippen molar-refractivity contribution < 1.29 is 18.0 Å². The molecule has 0 saturated carbocycles. The number of carbonyl (C=O) groups excluding carboxylic acids is 1. The van der Waals surface area contributed by atoms with Crippen LogP contribution in [0.15, 0.2) is 60.9 Å². The standard InChI is InChI=1S/C28H24F3N5O/c1-18-13-19(3-4-21(18)15-32)25-16-33-26-8-6-22(17-36(25)26)23-7-5-20(14-24(23)28(29,30)31)27(37)35-11-9-34(2)10-12-35/h3-8,13-14,16-17H,9-12H2,1-2H3. The summed E-state index contributed by atoms with van der Waals surface area (Å²) in [4.78, 5) is 21.0. The van der Waals surface area contributed by atoms with Gasteiger partial charge in [0.2, 0.25) is 0 Å². The third-order valence-corrected chi connectivity index (χ3v) is 6.82. The summed E-state index contributed by atoms with van der Waals surface area (Å²) in [7, 11) is 1.95. The van der Waals surface area contributed by atoms with Crippen molar-refractivity contribution in [2.75, 3.05) is 33.2 Å². The average molecular weight is 504 g/mol. The highest BCUT2D eigenvalue weighted by Gasteiger charge is 2.35. The van der Waals surface area contributed by atoms with Crippen molar-refractivity contribution >= 4 is 11.6 Å². The summed E-state index contributed by atoms with van der Waals surface area (Å²) in [6, 6.07) is 14.6. The maximum atomic E-state index is 14.2. The lowest BCUT2D eigenvalue weighted by Crippen LogP contribution is -2.47. The van der Waals surface area contributed by atoms with Crippen LogP contribution < -0.4 is 0 Å². The van der Waals surface area contributed by atoms with Gasteiger partial charge in [0.1, 0.15) is 5.65 Å². The van der Waals surface area contributed by atoms with Crippen LogP contribution in [0, 0.1) is 18.3 Å². The van der Waals surface area contributed by atoms with Crippen LogP contribution >= 0.6 is 0 Å². The Bertz CT molecular complexity index is 1540. The minimum atomic E-state index is -4.65. The van der Waals surface area contributed by atoms with Gasteiger partial charge in [-0.1, -0.05) is 12.1 Å². The minimum absolute atomic E-state index is 0.0139. The highest BCUT2D eigenvalue weighted by molar-refractivity contribution is 5.95. The first-order valence-corrected chi connectivity index (χ1v) is 11.8. The monoisotopic (exact) mass is 503 g/mol. The number of amides is 1. The van der Waals surface area contributed by atoms with Crippen molar-refractivity contribution in [2.24, 2.45) is 0 Å². The van der Waals surface area contributed by atoms with Gasteiger partial charge in [0.15, 0.2) is 0 Å². The van der Waals surface area contributed by atoms with E-state index in [1.54, 1.807) is 46.0 Å². The Morgan fingerprint density at radius 1 is 1.00 bits per heavy atom. The van der Waals surface area contributed by atoms with Crippen molar-refractivity contribution in [2.45, 2.75) is 13.1 Å². The van der Waals surface area contributed by atoms with Gasteiger partial charge in [-0.25, -0.2) is 4.98 Å². The quantitative estimate of drug-likeness (QED) is 0.383. The number of halogens is 3. The van der Waals surface area contributed by atoms with Crippen LogP contribution in [0.4, 0.5) is 13.2 Å². The number of pyridine rings is 1. The maximum Gasteiger partial charge on any atom is 0.417 e. The number of piperazine rings is 1. The van der Waals surface area contributed by atoms with Gasteiger partial charge in [0, 0.05) is 43.5 Å². The molecule has 0 atom stereocenters. The summed E-state index contributed by atoms with van der Waals surface area (Å²) in [6.07, 6.45) is -1.37. The molecule has 0 radical (unpaired) electrons. The Morgan fingerprint density at radius 2 is 1.73 bits per heavy atom. The van der Waals surface area contributed by atoms with Crippen LogP contribution in [0.2, 0.25) is 0 Å². The van der Waals surface area contributed by atoms with Crippen molar-refractivity contribution in [3.05, 3.63) is 83.2 Å². The molecular formula is C28H24F3N5O. The molecule has 188 valence electrons. The Labute approximate surface area is 212 Å². The topological polar surface area (TPSA) is 64.6 Å². The zero-order valence-electron chi connectivity index (χ0n) is 20.4. The summed E-state index contributed by atoms with van der Waals surface area (Å²) in [5.74, 6) is -0.395. The van der Waals surface area contributed by atoms with Crippen LogP contribution in [-0.2, 0) is 6.18 Å². The number of nitrogens with zero attached hydrogens (tertiary/aromatic N) is 5. The molecule has 3 heterocycles. The van der Waals surface area contributed by atoms with Gasteiger partial charge in [-0.3, -0.25) is 9.20 Å². The molecule has 1 aliphatic rings. The molecule has 1 aliphatic heterocycles. The molecule has 0 aliphatic carbocycles. The number of hydrogen-bond acceptors (Lipinski definition) is 4. The summed E-state index contributed by atoms with van der Waals surface area (Å²) >= 11 is 0. The predicted octanol–water partition coefficient (Wildman–Crippen LogP) is 5.25. The van der Waals surface area contributed by atoms with E-state index in [1.807, 2.05) is 20.0 Å².